The number of hydrogen-bond donors (Lipinski definition) is 1. The van der Waals surface area contributed by atoms with Crippen LogP contribution in [0.3, 0.4) is 0 Å². The highest BCUT2D eigenvalue weighted by Crippen LogP contribution is 2.30. The third-order valence-electron chi connectivity index (χ3n) is 4.27. The first-order chi connectivity index (χ1) is 9.90. The topological polar surface area (TPSA) is 28.4 Å². The molecule has 3 nitrogen and oxygen atoms in total. The van der Waals surface area contributed by atoms with Gasteiger partial charge in [-0.25, -0.2) is 0 Å². The Morgan fingerprint density at radius 3 is 2.67 bits per heavy atom. The molecule has 21 heavy (non-hydrogen) atoms. The van der Waals surface area contributed by atoms with Crippen LogP contribution in [0.15, 0.2) is 22.1 Å². The average Bonchev–Trinajstić information content (AvgIpc) is 2.76. The Morgan fingerprint density at radius 2 is 2.10 bits per heavy atom. The minimum absolute atomic E-state index is 0.312. The van der Waals surface area contributed by atoms with E-state index in [0.717, 1.165) is 44.2 Å². The number of aryl methyl sites for hydroxylation is 1. The summed E-state index contributed by atoms with van der Waals surface area (Å²) >= 11 is 0. The third kappa shape index (κ3) is 4.45. The van der Waals surface area contributed by atoms with Gasteiger partial charge in [-0.1, -0.05) is 39.3 Å². The van der Waals surface area contributed by atoms with E-state index in [1.165, 1.54) is 12.0 Å². The summed E-state index contributed by atoms with van der Waals surface area (Å²) in [6.07, 6.45) is 3.58. The quantitative estimate of drug-likeness (QED) is 0.834. The molecule has 0 amide bonds. The zero-order valence-electron chi connectivity index (χ0n) is 14.3. The van der Waals surface area contributed by atoms with Gasteiger partial charge in [0.05, 0.1) is 6.54 Å². The van der Waals surface area contributed by atoms with E-state index in [4.69, 9.17) is 4.42 Å². The van der Waals surface area contributed by atoms with Crippen LogP contribution >= 0.6 is 0 Å². The molecular weight excluding hydrogens is 260 g/mol. The van der Waals surface area contributed by atoms with E-state index in [-0.39, 0.29) is 0 Å². The molecule has 0 saturated carbocycles. The summed E-state index contributed by atoms with van der Waals surface area (Å²) in [4.78, 5) is 2.46. The van der Waals surface area contributed by atoms with Gasteiger partial charge in [0.15, 0.2) is 0 Å². The Kier molecular flexibility index (Phi) is 5.28. The summed E-state index contributed by atoms with van der Waals surface area (Å²) in [6, 6.07) is 2.21. The van der Waals surface area contributed by atoms with Crippen LogP contribution in [0.25, 0.3) is 0 Å². The van der Waals surface area contributed by atoms with Crippen LogP contribution in [-0.2, 0) is 13.1 Å². The SMILES string of the molecule is CCNCc1cc(CN2CC=C(C(C)(C)C)CC2)oc1C. The maximum Gasteiger partial charge on any atom is 0.118 e. The van der Waals surface area contributed by atoms with Crippen LogP contribution in [0.1, 0.15) is 51.2 Å². The monoisotopic (exact) mass is 290 g/mol. The van der Waals surface area contributed by atoms with Gasteiger partial charge in [0, 0.05) is 25.2 Å². The third-order valence-corrected chi connectivity index (χ3v) is 4.27. The van der Waals surface area contributed by atoms with Gasteiger partial charge in [-0.05, 0) is 31.4 Å². The lowest BCUT2D eigenvalue weighted by Gasteiger charge is -2.31. The predicted molar refractivity (Wildman–Crippen MR) is 88.3 cm³/mol. The summed E-state index contributed by atoms with van der Waals surface area (Å²) in [6.45, 7) is 16.1. The van der Waals surface area contributed by atoms with Crippen molar-refractivity contribution in [2.75, 3.05) is 19.6 Å². The van der Waals surface area contributed by atoms with Crippen LogP contribution in [0.4, 0.5) is 0 Å². The first-order valence-corrected chi connectivity index (χ1v) is 8.11. The van der Waals surface area contributed by atoms with Gasteiger partial charge in [0.1, 0.15) is 11.5 Å². The van der Waals surface area contributed by atoms with Crippen LogP contribution < -0.4 is 5.32 Å². The number of hydrogen-bond acceptors (Lipinski definition) is 3. The van der Waals surface area contributed by atoms with Gasteiger partial charge in [-0.2, -0.15) is 0 Å². The fourth-order valence-electron chi connectivity index (χ4n) is 2.86. The zero-order chi connectivity index (χ0) is 15.5. The summed E-state index contributed by atoms with van der Waals surface area (Å²) in [5, 5.41) is 3.36. The van der Waals surface area contributed by atoms with Crippen molar-refractivity contribution in [2.45, 2.75) is 54.1 Å². The second-order valence-electron chi connectivity index (χ2n) is 7.04. The second-order valence-corrected chi connectivity index (χ2v) is 7.04. The molecule has 0 bridgehead atoms. The standard InChI is InChI=1S/C18H30N2O/c1-6-19-12-15-11-17(21-14(15)2)13-20-9-7-16(8-10-20)18(3,4)5/h7,11,19H,6,8-10,12-13H2,1-5H3. The molecule has 0 aliphatic carbocycles. The summed E-state index contributed by atoms with van der Waals surface area (Å²) in [5.41, 5.74) is 3.18. The molecule has 1 aromatic rings. The van der Waals surface area contributed by atoms with Gasteiger partial charge >= 0.3 is 0 Å². The van der Waals surface area contributed by atoms with E-state index in [2.05, 4.69) is 57.0 Å². The Bertz CT molecular complexity index is 494. The Hall–Kier alpha value is -1.06. The average molecular weight is 290 g/mol. The van der Waals surface area contributed by atoms with Crippen molar-refractivity contribution in [1.29, 1.82) is 0 Å². The number of nitrogens with one attached hydrogen (secondary N) is 1. The maximum atomic E-state index is 5.91. The van der Waals surface area contributed by atoms with Gasteiger partial charge in [0.25, 0.3) is 0 Å². The Morgan fingerprint density at radius 1 is 1.33 bits per heavy atom. The molecule has 0 radical (unpaired) electrons. The summed E-state index contributed by atoms with van der Waals surface area (Å²) in [7, 11) is 0. The van der Waals surface area contributed by atoms with Crippen molar-refractivity contribution < 1.29 is 4.42 Å². The molecule has 0 unspecified atom stereocenters. The van der Waals surface area contributed by atoms with E-state index in [1.807, 2.05) is 0 Å². The molecule has 0 saturated heterocycles. The minimum Gasteiger partial charge on any atom is -0.465 e. The lowest BCUT2D eigenvalue weighted by Crippen LogP contribution is -2.30. The first-order valence-electron chi connectivity index (χ1n) is 8.11. The van der Waals surface area contributed by atoms with Gasteiger partial charge < -0.3 is 9.73 Å². The molecule has 0 atom stereocenters. The highest BCUT2D eigenvalue weighted by molar-refractivity contribution is 5.21. The van der Waals surface area contributed by atoms with Crippen LogP contribution in [-0.4, -0.2) is 24.5 Å². The fraction of sp³-hybridized carbons (Fsp3) is 0.667. The second kappa shape index (κ2) is 6.80. The first kappa shape index (κ1) is 16.3. The molecule has 0 fully saturated rings. The van der Waals surface area contributed by atoms with Crippen molar-refractivity contribution in [3.05, 3.63) is 34.8 Å². The normalized spacial score (nSPS) is 17.1. The number of nitrogens with zero attached hydrogens (tertiary/aromatic N) is 1. The molecule has 1 N–H and O–H groups in total. The fourth-order valence-corrected chi connectivity index (χ4v) is 2.86. The highest BCUT2D eigenvalue weighted by Gasteiger charge is 2.21. The Balaban J connectivity index is 1.93. The smallest absolute Gasteiger partial charge is 0.118 e. The van der Waals surface area contributed by atoms with Gasteiger partial charge in [0.2, 0.25) is 0 Å². The van der Waals surface area contributed by atoms with E-state index < -0.39 is 0 Å². The van der Waals surface area contributed by atoms with Gasteiger partial charge in [-0.3, -0.25) is 4.90 Å². The van der Waals surface area contributed by atoms with Crippen molar-refractivity contribution in [2.24, 2.45) is 5.41 Å². The molecule has 0 aromatic carbocycles. The predicted octanol–water partition coefficient (Wildman–Crippen LogP) is 3.88. The lowest BCUT2D eigenvalue weighted by atomic mass is 9.83. The Labute approximate surface area is 129 Å². The summed E-state index contributed by atoms with van der Waals surface area (Å²) < 4.78 is 5.91. The molecule has 1 aliphatic rings. The maximum absolute atomic E-state index is 5.91. The van der Waals surface area contributed by atoms with Crippen LogP contribution in [0.5, 0.6) is 0 Å². The van der Waals surface area contributed by atoms with Crippen LogP contribution in [0.2, 0.25) is 0 Å². The molecule has 0 spiro atoms. The van der Waals surface area contributed by atoms with E-state index >= 15 is 0 Å². The molecule has 1 aromatic heterocycles. The molecule has 1 aliphatic heterocycles. The van der Waals surface area contributed by atoms with Crippen LogP contribution in [0, 0.1) is 12.3 Å². The molecule has 118 valence electrons. The largest absolute Gasteiger partial charge is 0.465 e. The lowest BCUT2D eigenvalue weighted by molar-refractivity contribution is 0.248. The van der Waals surface area contributed by atoms with E-state index in [1.54, 1.807) is 5.57 Å². The van der Waals surface area contributed by atoms with Gasteiger partial charge in [-0.15, -0.1) is 0 Å². The molecule has 3 heteroatoms. The van der Waals surface area contributed by atoms with E-state index in [9.17, 15) is 0 Å². The van der Waals surface area contributed by atoms with Crippen molar-refractivity contribution >= 4 is 0 Å². The van der Waals surface area contributed by atoms with E-state index in [0.29, 0.717) is 5.41 Å². The number of furan rings is 1. The highest BCUT2D eigenvalue weighted by atomic mass is 16.3. The van der Waals surface area contributed by atoms with Crippen molar-refractivity contribution in [3.8, 4) is 0 Å². The molecular formula is C18H30N2O. The number of rotatable bonds is 5. The van der Waals surface area contributed by atoms with Crippen molar-refractivity contribution in [1.82, 2.24) is 10.2 Å². The molecule has 2 heterocycles. The summed E-state index contributed by atoms with van der Waals surface area (Å²) in [5.74, 6) is 2.14. The van der Waals surface area contributed by atoms with Crippen molar-refractivity contribution in [3.63, 3.8) is 0 Å². The zero-order valence-corrected chi connectivity index (χ0v) is 14.3. The minimum atomic E-state index is 0.312. The molecule has 2 rings (SSSR count).